The van der Waals surface area contributed by atoms with E-state index in [0.717, 1.165) is 36.6 Å². The average Bonchev–Trinajstić information content (AvgIpc) is 2.35. The maximum atomic E-state index is 14.3. The lowest BCUT2D eigenvalue weighted by Crippen LogP contribution is -2.43. The van der Waals surface area contributed by atoms with Gasteiger partial charge >= 0.3 is 0 Å². The first-order valence-electron chi connectivity index (χ1n) is 7.28. The van der Waals surface area contributed by atoms with Crippen molar-refractivity contribution >= 4 is 17.4 Å². The van der Waals surface area contributed by atoms with Crippen molar-refractivity contribution < 1.29 is 4.39 Å². The van der Waals surface area contributed by atoms with Crippen LogP contribution in [0.15, 0.2) is 18.2 Å². The third-order valence-corrected chi connectivity index (χ3v) is 4.79. The molecule has 0 atom stereocenters. The summed E-state index contributed by atoms with van der Waals surface area (Å²) in [6, 6.07) is 6.04. The van der Waals surface area contributed by atoms with Crippen LogP contribution in [0.1, 0.15) is 33.3 Å². The molecule has 112 valence electrons. The van der Waals surface area contributed by atoms with Crippen molar-refractivity contribution in [3.63, 3.8) is 0 Å². The molecule has 20 heavy (non-hydrogen) atoms. The Labute approximate surface area is 126 Å². The van der Waals surface area contributed by atoms with Gasteiger partial charge in [-0.3, -0.25) is 0 Å². The van der Waals surface area contributed by atoms with E-state index in [4.69, 9.17) is 0 Å². The van der Waals surface area contributed by atoms with Crippen LogP contribution < -0.4 is 10.2 Å². The number of hydrogen-bond acceptors (Lipinski definition) is 3. The number of halogens is 1. The van der Waals surface area contributed by atoms with Crippen molar-refractivity contribution in [1.29, 1.82) is 0 Å². The fourth-order valence-electron chi connectivity index (χ4n) is 2.46. The normalized spacial score (nSPS) is 18.6. The Kier molecular flexibility index (Phi) is 4.97. The Bertz CT molecular complexity index is 460. The van der Waals surface area contributed by atoms with E-state index in [1.165, 1.54) is 0 Å². The van der Waals surface area contributed by atoms with Crippen molar-refractivity contribution in [1.82, 2.24) is 5.32 Å². The van der Waals surface area contributed by atoms with E-state index in [0.29, 0.717) is 6.04 Å². The van der Waals surface area contributed by atoms with Crippen LogP contribution in [0.25, 0.3) is 0 Å². The molecule has 1 aromatic rings. The van der Waals surface area contributed by atoms with Crippen molar-refractivity contribution in [3.8, 4) is 0 Å². The summed E-state index contributed by atoms with van der Waals surface area (Å²) in [5.74, 6) is 0.957. The number of hydrogen-bond donors (Lipinski definition) is 1. The summed E-state index contributed by atoms with van der Waals surface area (Å²) in [5.41, 5.74) is 1.75. The Morgan fingerprint density at radius 3 is 2.75 bits per heavy atom. The van der Waals surface area contributed by atoms with Crippen LogP contribution in [0.3, 0.4) is 0 Å². The van der Waals surface area contributed by atoms with E-state index in [9.17, 15) is 4.39 Å². The lowest BCUT2D eigenvalue weighted by Gasteiger charge is -2.39. The van der Waals surface area contributed by atoms with E-state index in [1.54, 1.807) is 6.07 Å². The van der Waals surface area contributed by atoms with Gasteiger partial charge < -0.3 is 10.2 Å². The van der Waals surface area contributed by atoms with Crippen molar-refractivity contribution in [2.24, 2.45) is 0 Å². The second-order valence-electron chi connectivity index (χ2n) is 6.35. The van der Waals surface area contributed by atoms with Gasteiger partial charge in [0.15, 0.2) is 0 Å². The Hall–Kier alpha value is -0.740. The van der Waals surface area contributed by atoms with Gasteiger partial charge in [0, 0.05) is 36.2 Å². The second kappa shape index (κ2) is 6.35. The fraction of sp³-hybridized carbons (Fsp3) is 0.625. The van der Waals surface area contributed by atoms with E-state index in [1.807, 2.05) is 23.9 Å². The van der Waals surface area contributed by atoms with E-state index < -0.39 is 0 Å². The lowest BCUT2D eigenvalue weighted by atomic mass is 10.1. The first-order chi connectivity index (χ1) is 9.37. The van der Waals surface area contributed by atoms with Crippen LogP contribution in [0.2, 0.25) is 0 Å². The van der Waals surface area contributed by atoms with Gasteiger partial charge in [-0.2, -0.15) is 11.8 Å². The molecule has 1 aromatic carbocycles. The minimum Gasteiger partial charge on any atom is -0.367 e. The van der Waals surface area contributed by atoms with E-state index in [2.05, 4.69) is 37.9 Å². The molecule has 0 aliphatic carbocycles. The van der Waals surface area contributed by atoms with E-state index >= 15 is 0 Å². The molecule has 2 nitrogen and oxygen atoms in total. The first-order valence-corrected chi connectivity index (χ1v) is 8.27. The van der Waals surface area contributed by atoms with Crippen molar-refractivity contribution in [2.45, 2.75) is 45.0 Å². The Morgan fingerprint density at radius 1 is 1.40 bits per heavy atom. The molecule has 1 saturated heterocycles. The van der Waals surface area contributed by atoms with Gasteiger partial charge in [0.05, 0.1) is 5.69 Å². The third-order valence-electron chi connectivity index (χ3n) is 3.49. The van der Waals surface area contributed by atoms with Crippen LogP contribution in [0.5, 0.6) is 0 Å². The number of benzene rings is 1. The number of nitrogens with zero attached hydrogens (tertiary/aromatic N) is 1. The van der Waals surface area contributed by atoms with Crippen molar-refractivity contribution in [3.05, 3.63) is 29.6 Å². The zero-order valence-corrected chi connectivity index (χ0v) is 13.7. The Balaban J connectivity index is 2.09. The summed E-state index contributed by atoms with van der Waals surface area (Å²) in [6.07, 6.45) is 0. The van der Waals surface area contributed by atoms with Gasteiger partial charge in [-0.05, 0) is 31.5 Å². The predicted octanol–water partition coefficient (Wildman–Crippen LogP) is 3.66. The zero-order valence-electron chi connectivity index (χ0n) is 12.9. The minimum absolute atomic E-state index is 0.101. The molecule has 0 unspecified atom stereocenters. The number of anilines is 1. The molecule has 1 fully saturated rings. The summed E-state index contributed by atoms with van der Waals surface area (Å²) in [5, 5.41) is 3.32. The molecule has 0 aromatic heterocycles. The molecule has 0 radical (unpaired) electrons. The number of rotatable bonds is 4. The van der Waals surface area contributed by atoms with Crippen LogP contribution in [0, 0.1) is 5.82 Å². The summed E-state index contributed by atoms with van der Waals surface area (Å²) in [6.45, 7) is 11.2. The first kappa shape index (κ1) is 15.6. The second-order valence-corrected chi connectivity index (χ2v) is 8.15. The van der Waals surface area contributed by atoms with Gasteiger partial charge in [-0.1, -0.05) is 19.9 Å². The highest BCUT2D eigenvalue weighted by Crippen LogP contribution is 2.33. The molecule has 4 heteroatoms. The zero-order chi connectivity index (χ0) is 14.8. The van der Waals surface area contributed by atoms with Crippen LogP contribution in [-0.2, 0) is 6.54 Å². The highest BCUT2D eigenvalue weighted by Gasteiger charge is 2.28. The smallest absolute Gasteiger partial charge is 0.146 e. The monoisotopic (exact) mass is 296 g/mol. The summed E-state index contributed by atoms with van der Waals surface area (Å²) < 4.78 is 14.5. The van der Waals surface area contributed by atoms with Gasteiger partial charge in [-0.25, -0.2) is 4.39 Å². The molecule has 0 spiro atoms. The lowest BCUT2D eigenvalue weighted by molar-refractivity contribution is 0.576. The maximum Gasteiger partial charge on any atom is 0.146 e. The largest absolute Gasteiger partial charge is 0.367 e. The third kappa shape index (κ3) is 4.13. The van der Waals surface area contributed by atoms with Gasteiger partial charge in [0.1, 0.15) is 5.82 Å². The summed E-state index contributed by atoms with van der Waals surface area (Å²) >= 11 is 1.97. The quantitative estimate of drug-likeness (QED) is 0.913. The molecule has 0 saturated carbocycles. The Morgan fingerprint density at radius 2 is 2.15 bits per heavy atom. The van der Waals surface area contributed by atoms with E-state index in [-0.39, 0.29) is 10.6 Å². The summed E-state index contributed by atoms with van der Waals surface area (Å²) in [7, 11) is 0. The molecular weight excluding hydrogens is 271 g/mol. The van der Waals surface area contributed by atoms with Crippen LogP contribution in [0.4, 0.5) is 10.1 Å². The molecule has 1 N–H and O–H groups in total. The van der Waals surface area contributed by atoms with Gasteiger partial charge in [0.25, 0.3) is 0 Å². The molecule has 1 heterocycles. The molecule has 1 aliphatic rings. The molecular formula is C16H25FN2S. The fourth-order valence-corrected chi connectivity index (χ4v) is 3.57. The molecule has 1 aliphatic heterocycles. The summed E-state index contributed by atoms with van der Waals surface area (Å²) in [4.78, 5) is 2.17. The SMILES string of the molecule is CC(C)NCc1ccc(N2CCSC(C)(C)C2)c(F)c1. The molecule has 0 bridgehead atoms. The molecule has 0 amide bonds. The highest BCUT2D eigenvalue weighted by atomic mass is 32.2. The number of nitrogens with one attached hydrogen (secondary N) is 1. The predicted molar refractivity (Wildman–Crippen MR) is 87.1 cm³/mol. The average molecular weight is 296 g/mol. The van der Waals surface area contributed by atoms with Crippen LogP contribution >= 0.6 is 11.8 Å². The van der Waals surface area contributed by atoms with Gasteiger partial charge in [-0.15, -0.1) is 0 Å². The van der Waals surface area contributed by atoms with Gasteiger partial charge in [0.2, 0.25) is 0 Å². The minimum atomic E-state index is -0.101. The standard InChI is InChI=1S/C16H25FN2S/c1-12(2)18-10-13-5-6-15(14(17)9-13)19-7-8-20-16(3,4)11-19/h5-6,9,12,18H,7-8,10-11H2,1-4H3. The highest BCUT2D eigenvalue weighted by molar-refractivity contribution is 8.00. The van der Waals surface area contributed by atoms with Crippen LogP contribution in [-0.4, -0.2) is 29.6 Å². The maximum absolute atomic E-state index is 14.3. The molecule has 2 rings (SSSR count). The topological polar surface area (TPSA) is 15.3 Å². The van der Waals surface area contributed by atoms with Crippen molar-refractivity contribution in [2.75, 3.05) is 23.7 Å². The number of thioether (sulfide) groups is 1.